The fraction of sp³-hybridized carbons (Fsp3) is 0. The molecular formula is C8H9N2O3P. The molecule has 0 spiro atoms. The quantitative estimate of drug-likeness (QED) is 0.570. The molecule has 0 unspecified atom stereocenters. The van der Waals surface area contributed by atoms with E-state index < -0.39 is 7.75 Å². The fourth-order valence-corrected chi connectivity index (χ4v) is 1.82. The number of aromatic nitrogens is 1. The molecule has 0 aliphatic rings. The van der Waals surface area contributed by atoms with E-state index >= 15 is 0 Å². The molecule has 1 heterocycles. The van der Waals surface area contributed by atoms with Gasteiger partial charge in [0.15, 0.2) is 0 Å². The number of aromatic amines is 1. The maximum atomic E-state index is 10.7. The van der Waals surface area contributed by atoms with Gasteiger partial charge in [-0.05, 0) is 6.07 Å². The predicted molar refractivity (Wildman–Crippen MR) is 54.0 cm³/mol. The zero-order valence-electron chi connectivity index (χ0n) is 7.14. The van der Waals surface area contributed by atoms with Crippen molar-refractivity contribution in [2.24, 2.45) is 0 Å². The number of benzene rings is 1. The summed E-state index contributed by atoms with van der Waals surface area (Å²) < 4.78 is 10.7. The molecule has 74 valence electrons. The van der Waals surface area contributed by atoms with Gasteiger partial charge in [-0.25, -0.2) is 4.57 Å². The van der Waals surface area contributed by atoms with Crippen molar-refractivity contribution in [1.29, 1.82) is 0 Å². The largest absolute Gasteiger partial charge is 0.427 e. The molecule has 2 aromatic rings. The minimum Gasteiger partial charge on any atom is -0.359 e. The molecule has 1 aromatic carbocycles. The van der Waals surface area contributed by atoms with Gasteiger partial charge in [0.1, 0.15) is 0 Å². The average Bonchev–Trinajstić information content (AvgIpc) is 2.47. The van der Waals surface area contributed by atoms with Crippen LogP contribution in [0.2, 0.25) is 0 Å². The predicted octanol–water partition coefficient (Wildman–Crippen LogP) is 1.67. The van der Waals surface area contributed by atoms with Gasteiger partial charge in [-0.1, -0.05) is 18.2 Å². The summed E-state index contributed by atoms with van der Waals surface area (Å²) in [5.41, 5.74) is 1.25. The highest BCUT2D eigenvalue weighted by atomic mass is 31.2. The van der Waals surface area contributed by atoms with E-state index in [2.05, 4.69) is 10.1 Å². The van der Waals surface area contributed by atoms with E-state index in [-0.39, 0.29) is 0 Å². The summed E-state index contributed by atoms with van der Waals surface area (Å²) >= 11 is 0. The van der Waals surface area contributed by atoms with E-state index in [9.17, 15) is 4.57 Å². The maximum Gasteiger partial charge on any atom is 0.427 e. The Morgan fingerprint density at radius 3 is 2.71 bits per heavy atom. The number of fused-ring (bicyclic) bond motifs is 1. The van der Waals surface area contributed by atoms with E-state index in [4.69, 9.17) is 9.79 Å². The van der Waals surface area contributed by atoms with Crippen molar-refractivity contribution in [2.45, 2.75) is 0 Å². The van der Waals surface area contributed by atoms with Crippen molar-refractivity contribution in [3.63, 3.8) is 0 Å². The highest BCUT2D eigenvalue weighted by Crippen LogP contribution is 2.37. The van der Waals surface area contributed by atoms with Crippen LogP contribution < -0.4 is 5.09 Å². The molecule has 14 heavy (non-hydrogen) atoms. The Labute approximate surface area is 80.0 Å². The molecule has 4 N–H and O–H groups in total. The van der Waals surface area contributed by atoms with Gasteiger partial charge in [-0.15, -0.1) is 0 Å². The second-order valence-corrected chi connectivity index (χ2v) is 4.22. The minimum absolute atomic E-state index is 0.411. The third-order valence-corrected chi connectivity index (χ3v) is 2.39. The van der Waals surface area contributed by atoms with Gasteiger partial charge in [0.05, 0.1) is 5.69 Å². The summed E-state index contributed by atoms with van der Waals surface area (Å²) in [5.74, 6) is 0. The molecule has 5 nitrogen and oxygen atoms in total. The summed E-state index contributed by atoms with van der Waals surface area (Å²) in [6.45, 7) is 0. The van der Waals surface area contributed by atoms with E-state index in [1.54, 1.807) is 12.1 Å². The molecule has 0 amide bonds. The van der Waals surface area contributed by atoms with Crippen molar-refractivity contribution in [3.05, 3.63) is 30.5 Å². The Balaban J connectivity index is 2.49. The molecular weight excluding hydrogens is 203 g/mol. The van der Waals surface area contributed by atoms with Crippen LogP contribution in [0.1, 0.15) is 0 Å². The highest BCUT2D eigenvalue weighted by molar-refractivity contribution is 7.53. The van der Waals surface area contributed by atoms with Crippen LogP contribution in [-0.2, 0) is 4.57 Å². The lowest BCUT2D eigenvalue weighted by Gasteiger charge is -2.05. The smallest absolute Gasteiger partial charge is 0.359 e. The Morgan fingerprint density at radius 1 is 1.29 bits per heavy atom. The SMILES string of the molecule is O=P(O)(O)Nc1c[nH]c2ccccc12. The van der Waals surface area contributed by atoms with Gasteiger partial charge in [-0.3, -0.25) is 5.09 Å². The van der Waals surface area contributed by atoms with E-state index in [1.165, 1.54) is 6.20 Å². The molecule has 0 radical (unpaired) electrons. The molecule has 0 aliphatic carbocycles. The third kappa shape index (κ3) is 1.80. The van der Waals surface area contributed by atoms with Crippen molar-refractivity contribution in [3.8, 4) is 0 Å². The number of hydrogen-bond acceptors (Lipinski definition) is 1. The second kappa shape index (κ2) is 3.13. The number of para-hydroxylation sites is 1. The lowest BCUT2D eigenvalue weighted by Crippen LogP contribution is -1.92. The van der Waals surface area contributed by atoms with Crippen LogP contribution in [0.4, 0.5) is 5.69 Å². The standard InChI is InChI=1S/C8H9N2O3P/c11-14(12,13)10-8-5-9-7-4-2-1-3-6(7)8/h1-5,9H,(H3,10,11,12,13). The zero-order chi connectivity index (χ0) is 10.2. The van der Waals surface area contributed by atoms with Crippen LogP contribution in [0, 0.1) is 0 Å². The minimum atomic E-state index is -4.23. The van der Waals surface area contributed by atoms with E-state index in [1.807, 2.05) is 12.1 Å². The lowest BCUT2D eigenvalue weighted by molar-refractivity contribution is 0.380. The van der Waals surface area contributed by atoms with Crippen LogP contribution in [0.25, 0.3) is 10.9 Å². The first-order chi connectivity index (χ1) is 6.56. The third-order valence-electron chi connectivity index (χ3n) is 1.86. The Bertz CT molecular complexity index is 502. The molecule has 1 aromatic heterocycles. The Morgan fingerprint density at radius 2 is 2.00 bits per heavy atom. The van der Waals surface area contributed by atoms with Crippen molar-refractivity contribution < 1.29 is 14.4 Å². The number of rotatable bonds is 2. The molecule has 0 aliphatic heterocycles. The summed E-state index contributed by atoms with van der Waals surface area (Å²) in [6, 6.07) is 7.27. The van der Waals surface area contributed by atoms with Gasteiger partial charge in [-0.2, -0.15) is 0 Å². The number of anilines is 1. The van der Waals surface area contributed by atoms with Crippen LogP contribution in [0.5, 0.6) is 0 Å². The summed E-state index contributed by atoms with van der Waals surface area (Å²) in [7, 11) is -4.23. The van der Waals surface area contributed by atoms with Crippen LogP contribution in [0.15, 0.2) is 30.5 Å². The topological polar surface area (TPSA) is 85.3 Å². The van der Waals surface area contributed by atoms with Crippen molar-refractivity contribution >= 4 is 24.3 Å². The summed E-state index contributed by atoms with van der Waals surface area (Å²) in [4.78, 5) is 20.4. The van der Waals surface area contributed by atoms with Gasteiger partial charge in [0, 0.05) is 17.1 Å². The summed E-state index contributed by atoms with van der Waals surface area (Å²) in [5, 5.41) is 2.90. The van der Waals surface area contributed by atoms with Gasteiger partial charge in [0.2, 0.25) is 0 Å². The van der Waals surface area contributed by atoms with Crippen molar-refractivity contribution in [1.82, 2.24) is 4.98 Å². The van der Waals surface area contributed by atoms with Crippen molar-refractivity contribution in [2.75, 3.05) is 5.09 Å². The number of nitrogens with one attached hydrogen (secondary N) is 2. The molecule has 0 saturated heterocycles. The van der Waals surface area contributed by atoms with E-state index in [0.29, 0.717) is 5.69 Å². The second-order valence-electron chi connectivity index (χ2n) is 2.90. The van der Waals surface area contributed by atoms with Crippen LogP contribution in [0.3, 0.4) is 0 Å². The fourth-order valence-electron chi connectivity index (χ4n) is 1.32. The molecule has 2 rings (SSSR count). The van der Waals surface area contributed by atoms with Crippen LogP contribution in [-0.4, -0.2) is 14.8 Å². The molecule has 6 heteroatoms. The van der Waals surface area contributed by atoms with Gasteiger partial charge in [0.25, 0.3) is 0 Å². The van der Waals surface area contributed by atoms with Gasteiger partial charge < -0.3 is 14.8 Å². The zero-order valence-corrected chi connectivity index (χ0v) is 8.03. The maximum absolute atomic E-state index is 10.7. The molecule has 0 fully saturated rings. The number of H-pyrrole nitrogens is 1. The highest BCUT2D eigenvalue weighted by Gasteiger charge is 2.14. The normalized spacial score (nSPS) is 11.9. The first kappa shape index (κ1) is 9.27. The molecule has 0 bridgehead atoms. The van der Waals surface area contributed by atoms with Crippen LogP contribution >= 0.6 is 7.75 Å². The molecule has 0 saturated carbocycles. The summed E-state index contributed by atoms with van der Waals surface area (Å²) in [6.07, 6.45) is 1.53. The Hall–Kier alpha value is -1.29. The lowest BCUT2D eigenvalue weighted by atomic mass is 10.2. The average molecular weight is 212 g/mol. The first-order valence-electron chi connectivity index (χ1n) is 3.96. The molecule has 0 atom stereocenters. The van der Waals surface area contributed by atoms with Gasteiger partial charge >= 0.3 is 7.75 Å². The number of hydrogen-bond donors (Lipinski definition) is 4. The Kier molecular flexibility index (Phi) is 2.07. The first-order valence-corrected chi connectivity index (χ1v) is 5.57. The monoisotopic (exact) mass is 212 g/mol. The van der Waals surface area contributed by atoms with E-state index in [0.717, 1.165) is 10.9 Å².